The fraction of sp³-hybridized carbons (Fsp3) is 0.167. The van der Waals surface area contributed by atoms with Crippen molar-refractivity contribution in [2.24, 2.45) is 0 Å². The van der Waals surface area contributed by atoms with Crippen LogP contribution < -0.4 is 5.32 Å². The number of aromatic nitrogens is 6. The minimum atomic E-state index is -0.283. The molecule has 0 saturated carbocycles. The number of carbonyl (C=O) groups excluding carboxylic acids is 1. The van der Waals surface area contributed by atoms with E-state index in [1.807, 2.05) is 6.92 Å². The summed E-state index contributed by atoms with van der Waals surface area (Å²) in [5, 5.41) is 6.53. The van der Waals surface area contributed by atoms with Gasteiger partial charge in [0.05, 0.1) is 5.69 Å². The largest absolute Gasteiger partial charge is 0.306 e. The van der Waals surface area contributed by atoms with E-state index in [-0.39, 0.29) is 5.91 Å². The van der Waals surface area contributed by atoms with Gasteiger partial charge in [-0.3, -0.25) is 9.36 Å². The van der Waals surface area contributed by atoms with Crippen LogP contribution in [0.15, 0.2) is 24.8 Å². The second-order valence-electron chi connectivity index (χ2n) is 4.25. The van der Waals surface area contributed by atoms with Gasteiger partial charge in [-0.15, -0.1) is 5.10 Å². The molecule has 9 heteroatoms. The highest BCUT2D eigenvalue weighted by Gasteiger charge is 2.14. The summed E-state index contributed by atoms with van der Waals surface area (Å²) in [5.41, 5.74) is 0.595. The zero-order valence-electron chi connectivity index (χ0n) is 11.3. The molecule has 1 amide bonds. The van der Waals surface area contributed by atoms with Gasteiger partial charge >= 0.3 is 0 Å². The molecule has 3 aromatic heterocycles. The Morgan fingerprint density at radius 2 is 2.14 bits per heavy atom. The van der Waals surface area contributed by atoms with Crippen molar-refractivity contribution in [2.45, 2.75) is 13.8 Å². The molecule has 3 heterocycles. The van der Waals surface area contributed by atoms with E-state index in [0.29, 0.717) is 22.2 Å². The third-order valence-corrected chi connectivity index (χ3v) is 3.65. The number of nitrogens with one attached hydrogen (secondary N) is 1. The lowest BCUT2D eigenvalue weighted by atomic mass is 10.3. The van der Waals surface area contributed by atoms with Gasteiger partial charge in [0.2, 0.25) is 0 Å². The third-order valence-electron chi connectivity index (χ3n) is 2.82. The standard InChI is InChI=1S/C12H11N7OS/c1-7-11(21-18-17-7)12(20)16-9-5-10(15-6-14-9)19-4-3-13-8(19)2/h3-6H,1-2H3,(H,14,15,16,20). The molecule has 0 aliphatic rings. The van der Waals surface area contributed by atoms with Crippen molar-refractivity contribution in [3.05, 3.63) is 41.2 Å². The molecular weight excluding hydrogens is 290 g/mol. The van der Waals surface area contributed by atoms with Gasteiger partial charge in [-0.05, 0) is 25.4 Å². The summed E-state index contributed by atoms with van der Waals surface area (Å²) < 4.78 is 5.54. The Bertz CT molecular complexity index is 794. The molecule has 0 aliphatic carbocycles. The maximum Gasteiger partial charge on any atom is 0.270 e. The first-order chi connectivity index (χ1) is 10.1. The number of imidazole rings is 1. The Morgan fingerprint density at radius 1 is 1.29 bits per heavy atom. The van der Waals surface area contributed by atoms with E-state index in [0.717, 1.165) is 17.4 Å². The maximum absolute atomic E-state index is 12.1. The van der Waals surface area contributed by atoms with E-state index in [4.69, 9.17) is 0 Å². The van der Waals surface area contributed by atoms with Crippen LogP contribution in [0.4, 0.5) is 5.82 Å². The summed E-state index contributed by atoms with van der Waals surface area (Å²) >= 11 is 1.05. The van der Waals surface area contributed by atoms with Crippen molar-refractivity contribution in [1.29, 1.82) is 0 Å². The molecule has 0 spiro atoms. The number of carbonyl (C=O) groups is 1. The van der Waals surface area contributed by atoms with Gasteiger partial charge in [0.15, 0.2) is 0 Å². The number of nitrogens with zero attached hydrogens (tertiary/aromatic N) is 6. The van der Waals surface area contributed by atoms with Crippen LogP contribution in [0.3, 0.4) is 0 Å². The molecule has 0 aromatic carbocycles. The Hall–Kier alpha value is -2.68. The van der Waals surface area contributed by atoms with Crippen molar-refractivity contribution in [3.63, 3.8) is 0 Å². The highest BCUT2D eigenvalue weighted by Crippen LogP contribution is 2.14. The summed E-state index contributed by atoms with van der Waals surface area (Å²) in [6.07, 6.45) is 4.87. The quantitative estimate of drug-likeness (QED) is 0.784. The highest BCUT2D eigenvalue weighted by molar-refractivity contribution is 7.08. The van der Waals surface area contributed by atoms with Crippen LogP contribution in [0.25, 0.3) is 5.82 Å². The molecule has 8 nitrogen and oxygen atoms in total. The van der Waals surface area contributed by atoms with Crippen molar-refractivity contribution < 1.29 is 4.79 Å². The molecule has 106 valence electrons. The molecular formula is C12H11N7OS. The van der Waals surface area contributed by atoms with E-state index < -0.39 is 0 Å². The van der Waals surface area contributed by atoms with E-state index >= 15 is 0 Å². The van der Waals surface area contributed by atoms with Crippen LogP contribution >= 0.6 is 11.5 Å². The van der Waals surface area contributed by atoms with E-state index in [1.165, 1.54) is 6.33 Å². The summed E-state index contributed by atoms with van der Waals surface area (Å²) in [6, 6.07) is 1.68. The summed E-state index contributed by atoms with van der Waals surface area (Å²) in [5.74, 6) is 1.56. The minimum Gasteiger partial charge on any atom is -0.306 e. The van der Waals surface area contributed by atoms with Crippen molar-refractivity contribution in [3.8, 4) is 5.82 Å². The fourth-order valence-corrected chi connectivity index (χ4v) is 2.33. The van der Waals surface area contributed by atoms with Crippen LogP contribution in [0, 0.1) is 13.8 Å². The Kier molecular flexibility index (Phi) is 3.40. The van der Waals surface area contributed by atoms with Crippen LogP contribution in [0.1, 0.15) is 21.2 Å². The smallest absolute Gasteiger partial charge is 0.270 e. The maximum atomic E-state index is 12.1. The molecule has 0 fully saturated rings. The van der Waals surface area contributed by atoms with Crippen LogP contribution in [-0.2, 0) is 0 Å². The number of hydrogen-bond donors (Lipinski definition) is 1. The Morgan fingerprint density at radius 3 is 2.81 bits per heavy atom. The monoisotopic (exact) mass is 301 g/mol. The Balaban J connectivity index is 1.86. The Labute approximate surface area is 124 Å². The van der Waals surface area contributed by atoms with E-state index in [9.17, 15) is 4.79 Å². The number of aryl methyl sites for hydroxylation is 2. The van der Waals surface area contributed by atoms with Gasteiger partial charge in [-0.25, -0.2) is 15.0 Å². The van der Waals surface area contributed by atoms with Crippen LogP contribution in [-0.4, -0.2) is 35.0 Å². The topological polar surface area (TPSA) is 98.5 Å². The molecule has 0 radical (unpaired) electrons. The van der Waals surface area contributed by atoms with Crippen LogP contribution in [0.5, 0.6) is 0 Å². The minimum absolute atomic E-state index is 0.283. The van der Waals surface area contributed by atoms with Gasteiger partial charge in [0.25, 0.3) is 5.91 Å². The first-order valence-electron chi connectivity index (χ1n) is 6.08. The zero-order chi connectivity index (χ0) is 14.8. The van der Waals surface area contributed by atoms with Gasteiger partial charge in [-0.2, -0.15) is 0 Å². The SMILES string of the molecule is Cc1nnsc1C(=O)Nc1cc(-n2ccnc2C)ncn1. The van der Waals surface area contributed by atoms with E-state index in [2.05, 4.69) is 29.9 Å². The highest BCUT2D eigenvalue weighted by atomic mass is 32.1. The van der Waals surface area contributed by atoms with Gasteiger partial charge in [0.1, 0.15) is 28.7 Å². The molecule has 0 atom stereocenters. The van der Waals surface area contributed by atoms with Crippen LogP contribution in [0.2, 0.25) is 0 Å². The molecule has 1 N–H and O–H groups in total. The molecule has 3 rings (SSSR count). The molecule has 21 heavy (non-hydrogen) atoms. The lowest BCUT2D eigenvalue weighted by Crippen LogP contribution is -2.13. The lowest BCUT2D eigenvalue weighted by molar-refractivity contribution is 0.102. The summed E-state index contributed by atoms with van der Waals surface area (Å²) in [7, 11) is 0. The number of rotatable bonds is 3. The van der Waals surface area contributed by atoms with Crippen molar-refractivity contribution >= 4 is 23.3 Å². The van der Waals surface area contributed by atoms with Crippen molar-refractivity contribution in [2.75, 3.05) is 5.32 Å². The molecule has 0 aliphatic heterocycles. The second-order valence-corrected chi connectivity index (χ2v) is 5.00. The first kappa shape index (κ1) is 13.3. The normalized spacial score (nSPS) is 10.6. The molecule has 3 aromatic rings. The van der Waals surface area contributed by atoms with Crippen molar-refractivity contribution in [1.82, 2.24) is 29.1 Å². The molecule has 0 unspecified atom stereocenters. The summed E-state index contributed by atoms with van der Waals surface area (Å²) in [6.45, 7) is 3.60. The van der Waals surface area contributed by atoms with Gasteiger partial charge in [-0.1, -0.05) is 4.49 Å². The molecule has 0 saturated heterocycles. The average molecular weight is 301 g/mol. The van der Waals surface area contributed by atoms with Gasteiger partial charge in [0, 0.05) is 18.5 Å². The fourth-order valence-electron chi connectivity index (χ4n) is 1.78. The second kappa shape index (κ2) is 5.37. The summed E-state index contributed by atoms with van der Waals surface area (Å²) in [4.78, 5) is 24.9. The average Bonchev–Trinajstić information content (AvgIpc) is 3.07. The van der Waals surface area contributed by atoms with Gasteiger partial charge < -0.3 is 5.32 Å². The number of anilines is 1. The lowest BCUT2D eigenvalue weighted by Gasteiger charge is -2.06. The van der Waals surface area contributed by atoms with E-state index in [1.54, 1.807) is 30.0 Å². The predicted octanol–water partition coefficient (Wildman–Crippen LogP) is 1.38. The zero-order valence-corrected chi connectivity index (χ0v) is 12.1. The number of amides is 1. The number of hydrogen-bond acceptors (Lipinski definition) is 7. The predicted molar refractivity (Wildman–Crippen MR) is 76.5 cm³/mol. The molecule has 0 bridgehead atoms. The third kappa shape index (κ3) is 2.63. The first-order valence-corrected chi connectivity index (χ1v) is 6.85.